The van der Waals surface area contributed by atoms with Crippen molar-refractivity contribution in [3.05, 3.63) is 0 Å². The molecular formula is C24H48Br2N4. The van der Waals surface area contributed by atoms with Gasteiger partial charge >= 0.3 is 0 Å². The zero-order chi connectivity index (χ0) is 19.1. The molecule has 4 aliphatic heterocycles. The minimum atomic E-state index is 0. The van der Waals surface area contributed by atoms with E-state index in [-0.39, 0.29) is 34.0 Å². The van der Waals surface area contributed by atoms with Crippen molar-refractivity contribution < 1.29 is 42.9 Å². The minimum Gasteiger partial charge on any atom is -1.00 e. The van der Waals surface area contributed by atoms with E-state index in [1.807, 2.05) is 0 Å². The van der Waals surface area contributed by atoms with Gasteiger partial charge in [-0.1, -0.05) is 25.7 Å². The van der Waals surface area contributed by atoms with E-state index in [1.165, 1.54) is 165 Å². The van der Waals surface area contributed by atoms with Crippen LogP contribution in [0.4, 0.5) is 0 Å². The van der Waals surface area contributed by atoms with Gasteiger partial charge in [0, 0.05) is 51.9 Å². The van der Waals surface area contributed by atoms with E-state index in [2.05, 4.69) is 9.80 Å². The second-order valence-corrected chi connectivity index (χ2v) is 10.7. The number of rotatable bonds is 9. The Hall–Kier alpha value is 0.800. The van der Waals surface area contributed by atoms with Crippen LogP contribution in [0.15, 0.2) is 0 Å². The zero-order valence-corrected chi connectivity index (χ0v) is 22.7. The maximum atomic E-state index is 2.76. The van der Waals surface area contributed by atoms with Gasteiger partial charge in [-0.25, -0.2) is 0 Å². The lowest BCUT2D eigenvalue weighted by atomic mass is 10.1. The first-order valence-corrected chi connectivity index (χ1v) is 12.9. The molecule has 2 spiro atoms. The zero-order valence-electron chi connectivity index (χ0n) is 19.5. The van der Waals surface area contributed by atoms with Crippen LogP contribution in [-0.2, 0) is 0 Å². The van der Waals surface area contributed by atoms with Crippen molar-refractivity contribution in [3.63, 3.8) is 0 Å². The molecule has 0 aliphatic carbocycles. The molecule has 0 radical (unpaired) electrons. The molecule has 4 heterocycles. The van der Waals surface area contributed by atoms with Crippen molar-refractivity contribution in [2.24, 2.45) is 0 Å². The first kappa shape index (κ1) is 27.0. The Morgan fingerprint density at radius 3 is 1.03 bits per heavy atom. The molecule has 0 bridgehead atoms. The van der Waals surface area contributed by atoms with Crippen molar-refractivity contribution >= 4 is 0 Å². The standard InChI is InChI=1S/C24H48N4.2BrH/c1(3-5-11-25-13-21-27(22-14-25)17-7-8-18-27)2-4-6-12-26-15-23-28(24-16-26)19-9-10-20-28;;/h1-24H2;2*1H/q+2;;/p-2. The normalized spacial score (nSPS) is 26.0. The highest BCUT2D eigenvalue weighted by atomic mass is 79.9. The van der Waals surface area contributed by atoms with E-state index >= 15 is 0 Å². The molecule has 4 fully saturated rings. The van der Waals surface area contributed by atoms with Crippen molar-refractivity contribution in [1.82, 2.24) is 9.80 Å². The van der Waals surface area contributed by atoms with Crippen LogP contribution in [0.2, 0.25) is 0 Å². The fourth-order valence-electron chi connectivity index (χ4n) is 6.59. The van der Waals surface area contributed by atoms with Crippen LogP contribution >= 0.6 is 0 Å². The van der Waals surface area contributed by atoms with E-state index in [4.69, 9.17) is 0 Å². The smallest absolute Gasteiger partial charge is 0.0916 e. The highest BCUT2D eigenvalue weighted by Gasteiger charge is 2.36. The lowest BCUT2D eigenvalue weighted by molar-refractivity contribution is -0.920. The third-order valence-electron chi connectivity index (χ3n) is 8.79. The lowest BCUT2D eigenvalue weighted by Crippen LogP contribution is -3.00. The Morgan fingerprint density at radius 1 is 0.400 bits per heavy atom. The Bertz CT molecular complexity index is 402. The highest BCUT2D eigenvalue weighted by molar-refractivity contribution is 4.69. The van der Waals surface area contributed by atoms with Gasteiger partial charge in [-0.05, 0) is 25.9 Å². The number of quaternary nitrogens is 2. The number of nitrogens with zero attached hydrogens (tertiary/aromatic N) is 4. The van der Waals surface area contributed by atoms with Gasteiger partial charge in [0.15, 0.2) is 0 Å². The van der Waals surface area contributed by atoms with Crippen molar-refractivity contribution in [2.45, 2.75) is 64.2 Å². The summed E-state index contributed by atoms with van der Waals surface area (Å²) in [6.45, 7) is 19.9. The number of halogens is 2. The molecule has 4 aliphatic rings. The molecule has 30 heavy (non-hydrogen) atoms. The average Bonchev–Trinajstić information content (AvgIpc) is 3.37. The summed E-state index contributed by atoms with van der Waals surface area (Å²) in [5.74, 6) is 0. The number of hydrogen-bond donors (Lipinski definition) is 0. The largest absolute Gasteiger partial charge is 1.00 e. The molecule has 6 heteroatoms. The molecule has 0 N–H and O–H groups in total. The highest BCUT2D eigenvalue weighted by Crippen LogP contribution is 2.23. The SMILES string of the molecule is C(CCCCN1CC[N+]2(CCCC2)CC1)CCCN1CC[N+]2(CCCC2)CC1.[Br-].[Br-]. The van der Waals surface area contributed by atoms with E-state index in [0.717, 1.165) is 0 Å². The van der Waals surface area contributed by atoms with Gasteiger partial charge in [0.1, 0.15) is 0 Å². The van der Waals surface area contributed by atoms with E-state index in [0.29, 0.717) is 0 Å². The van der Waals surface area contributed by atoms with Gasteiger partial charge in [-0.3, -0.25) is 9.80 Å². The van der Waals surface area contributed by atoms with Crippen LogP contribution in [-0.4, -0.2) is 110 Å². The number of unbranched alkanes of at least 4 members (excludes halogenated alkanes) is 5. The Balaban J connectivity index is 0.00000160. The second-order valence-electron chi connectivity index (χ2n) is 10.7. The Labute approximate surface area is 208 Å². The summed E-state index contributed by atoms with van der Waals surface area (Å²) in [4.78, 5) is 5.52. The average molecular weight is 552 g/mol. The molecule has 0 aromatic carbocycles. The summed E-state index contributed by atoms with van der Waals surface area (Å²) < 4.78 is 2.93. The van der Waals surface area contributed by atoms with Crippen molar-refractivity contribution in [3.8, 4) is 0 Å². The van der Waals surface area contributed by atoms with Crippen LogP contribution in [0.5, 0.6) is 0 Å². The van der Waals surface area contributed by atoms with Gasteiger partial charge in [0.05, 0.1) is 52.4 Å². The van der Waals surface area contributed by atoms with E-state index < -0.39 is 0 Å². The summed E-state index contributed by atoms with van der Waals surface area (Å²) in [6, 6.07) is 0. The first-order valence-electron chi connectivity index (χ1n) is 12.9. The minimum absolute atomic E-state index is 0. The number of hydrogen-bond acceptors (Lipinski definition) is 2. The molecule has 4 nitrogen and oxygen atoms in total. The van der Waals surface area contributed by atoms with E-state index in [1.54, 1.807) is 0 Å². The maximum Gasteiger partial charge on any atom is 0.0916 e. The first-order chi connectivity index (χ1) is 13.8. The summed E-state index contributed by atoms with van der Waals surface area (Å²) in [6.07, 6.45) is 14.7. The molecule has 0 unspecified atom stereocenters. The summed E-state index contributed by atoms with van der Waals surface area (Å²) in [7, 11) is 0. The van der Waals surface area contributed by atoms with Gasteiger partial charge in [0.2, 0.25) is 0 Å². The van der Waals surface area contributed by atoms with E-state index in [9.17, 15) is 0 Å². The molecule has 4 rings (SSSR count). The lowest BCUT2D eigenvalue weighted by Gasteiger charge is -2.42. The monoisotopic (exact) mass is 550 g/mol. The van der Waals surface area contributed by atoms with Crippen LogP contribution in [0.25, 0.3) is 0 Å². The molecule has 0 atom stereocenters. The maximum absolute atomic E-state index is 2.76. The third kappa shape index (κ3) is 7.69. The van der Waals surface area contributed by atoms with Gasteiger partial charge in [0.25, 0.3) is 0 Å². The van der Waals surface area contributed by atoms with Crippen LogP contribution in [0.1, 0.15) is 64.2 Å². The van der Waals surface area contributed by atoms with Gasteiger partial charge in [-0.15, -0.1) is 0 Å². The van der Waals surface area contributed by atoms with Gasteiger partial charge in [-0.2, -0.15) is 0 Å². The van der Waals surface area contributed by atoms with Crippen LogP contribution < -0.4 is 34.0 Å². The van der Waals surface area contributed by atoms with Crippen LogP contribution in [0.3, 0.4) is 0 Å². The predicted molar refractivity (Wildman–Crippen MR) is 119 cm³/mol. The molecule has 0 amide bonds. The Morgan fingerprint density at radius 2 is 0.700 bits per heavy atom. The molecule has 178 valence electrons. The molecule has 0 aromatic heterocycles. The Kier molecular flexibility index (Phi) is 12.2. The second kappa shape index (κ2) is 13.5. The fourth-order valence-corrected chi connectivity index (χ4v) is 6.59. The molecule has 0 aromatic rings. The third-order valence-corrected chi connectivity index (χ3v) is 8.79. The molecular weight excluding hydrogens is 504 g/mol. The van der Waals surface area contributed by atoms with Gasteiger partial charge < -0.3 is 42.9 Å². The van der Waals surface area contributed by atoms with Crippen molar-refractivity contribution in [2.75, 3.05) is 91.6 Å². The molecule has 4 saturated heterocycles. The number of piperazine rings is 2. The summed E-state index contributed by atoms with van der Waals surface area (Å²) >= 11 is 0. The molecule has 0 saturated carbocycles. The topological polar surface area (TPSA) is 6.48 Å². The quantitative estimate of drug-likeness (QED) is 0.225. The van der Waals surface area contributed by atoms with Crippen LogP contribution in [0, 0.1) is 0 Å². The van der Waals surface area contributed by atoms with Crippen molar-refractivity contribution in [1.29, 1.82) is 0 Å². The summed E-state index contributed by atoms with van der Waals surface area (Å²) in [5, 5.41) is 0. The summed E-state index contributed by atoms with van der Waals surface area (Å²) in [5.41, 5.74) is 0. The fraction of sp³-hybridized carbons (Fsp3) is 1.00. The predicted octanol–water partition coefficient (Wildman–Crippen LogP) is -2.81.